The van der Waals surface area contributed by atoms with Crippen LogP contribution < -0.4 is 4.35 Å². The van der Waals surface area contributed by atoms with Gasteiger partial charge in [0.05, 0.1) is 0 Å². The van der Waals surface area contributed by atoms with Crippen molar-refractivity contribution in [3.05, 3.63) is 46.0 Å². The SMILES string of the molecule is CC(=O)OCCc1c([N+](=O)[O-])cc([AsH2])c2ccccc12. The average molecular weight is 335 g/mol. The van der Waals surface area contributed by atoms with E-state index in [1.165, 1.54) is 23.8 Å². The van der Waals surface area contributed by atoms with Gasteiger partial charge in [-0.1, -0.05) is 0 Å². The van der Waals surface area contributed by atoms with E-state index in [1.807, 2.05) is 24.3 Å². The molecule has 0 fully saturated rings. The van der Waals surface area contributed by atoms with E-state index in [1.54, 1.807) is 6.07 Å². The number of esters is 1. The first-order valence-electron chi connectivity index (χ1n) is 6.08. The Morgan fingerprint density at radius 3 is 2.60 bits per heavy atom. The van der Waals surface area contributed by atoms with E-state index >= 15 is 0 Å². The Balaban J connectivity index is 2.53. The number of nitro benzene ring substituents is 1. The van der Waals surface area contributed by atoms with Crippen molar-refractivity contribution >= 4 is 43.6 Å². The van der Waals surface area contributed by atoms with E-state index in [0.717, 1.165) is 15.1 Å². The van der Waals surface area contributed by atoms with E-state index in [9.17, 15) is 14.9 Å². The summed E-state index contributed by atoms with van der Waals surface area (Å²) in [4.78, 5) is 21.7. The molecule has 0 bridgehead atoms. The van der Waals surface area contributed by atoms with Gasteiger partial charge >= 0.3 is 124 Å². The number of hydrogen-bond acceptors (Lipinski definition) is 4. The third-order valence-electron chi connectivity index (χ3n) is 3.02. The second kappa shape index (κ2) is 6.05. The Labute approximate surface area is 124 Å². The fourth-order valence-electron chi connectivity index (χ4n) is 2.17. The predicted molar refractivity (Wildman–Crippen MR) is 79.1 cm³/mol. The molecular weight excluding hydrogens is 321 g/mol. The number of benzene rings is 2. The average Bonchev–Trinajstić information content (AvgIpc) is 2.40. The van der Waals surface area contributed by atoms with Gasteiger partial charge in [0.15, 0.2) is 0 Å². The Kier molecular flexibility index (Phi) is 4.40. The van der Waals surface area contributed by atoms with Crippen molar-refractivity contribution in [1.82, 2.24) is 0 Å². The van der Waals surface area contributed by atoms with Crippen LogP contribution in [-0.2, 0) is 16.0 Å². The summed E-state index contributed by atoms with van der Waals surface area (Å²) < 4.78 is 5.83. The number of carbonyl (C=O) groups is 1. The first kappa shape index (κ1) is 14.5. The number of hydrogen-bond donors (Lipinski definition) is 0. The first-order valence-corrected chi connectivity index (χ1v) is 7.29. The molecular formula is C14H14AsNO4. The fourth-order valence-corrected chi connectivity index (χ4v) is 3.03. The van der Waals surface area contributed by atoms with Crippen LogP contribution in [0, 0.1) is 10.1 Å². The molecule has 5 nitrogen and oxygen atoms in total. The summed E-state index contributed by atoms with van der Waals surface area (Å²) in [6.45, 7) is 1.47. The molecule has 0 aromatic heterocycles. The first-order chi connectivity index (χ1) is 9.50. The molecule has 20 heavy (non-hydrogen) atoms. The molecule has 0 amide bonds. The molecule has 1 unspecified atom stereocenters. The Hall–Kier alpha value is -1.87. The molecule has 0 saturated carbocycles. The Bertz CT molecular complexity index is 684. The van der Waals surface area contributed by atoms with Crippen LogP contribution >= 0.6 is 0 Å². The minimum atomic E-state index is -0.382. The van der Waals surface area contributed by atoms with Crippen LogP contribution in [0.25, 0.3) is 10.8 Å². The number of nitrogens with zero attached hydrogens (tertiary/aromatic N) is 1. The predicted octanol–water partition coefficient (Wildman–Crippen LogP) is 1.11. The summed E-state index contributed by atoms with van der Waals surface area (Å²) in [6, 6.07) is 9.19. The van der Waals surface area contributed by atoms with E-state index in [-0.39, 0.29) is 23.2 Å². The zero-order chi connectivity index (χ0) is 14.7. The summed E-state index contributed by atoms with van der Waals surface area (Å²) in [7, 11) is 0. The standard InChI is InChI=1S/C14H14AsNO4/c1-9(17)20-7-6-12-10-4-2-3-5-11(10)13(15)8-14(12)16(18)19/h2-5,8H,6-7,15H2,1H3. The minimum absolute atomic E-state index is 0.0928. The van der Waals surface area contributed by atoms with Crippen LogP contribution in [0.15, 0.2) is 30.3 Å². The van der Waals surface area contributed by atoms with Gasteiger partial charge in [-0.2, -0.15) is 0 Å². The topological polar surface area (TPSA) is 69.4 Å². The summed E-state index contributed by atoms with van der Waals surface area (Å²) in [5.41, 5.74) is 0.712. The summed E-state index contributed by atoms with van der Waals surface area (Å²) in [5, 5.41) is 13.1. The van der Waals surface area contributed by atoms with Crippen LogP contribution in [0.5, 0.6) is 0 Å². The fraction of sp³-hybridized carbons (Fsp3) is 0.214. The van der Waals surface area contributed by atoms with Crippen LogP contribution in [-0.4, -0.2) is 34.4 Å². The summed E-state index contributed by atoms with van der Waals surface area (Å²) in [5.74, 6) is -0.382. The van der Waals surface area contributed by atoms with Gasteiger partial charge in [0.2, 0.25) is 0 Å². The number of ether oxygens (including phenoxy) is 1. The monoisotopic (exact) mass is 335 g/mol. The third-order valence-corrected chi connectivity index (χ3v) is 4.02. The molecule has 104 valence electrons. The zero-order valence-corrected chi connectivity index (χ0v) is 13.4. The Morgan fingerprint density at radius 2 is 2.00 bits per heavy atom. The van der Waals surface area contributed by atoms with E-state index in [4.69, 9.17) is 4.74 Å². The number of rotatable bonds is 4. The molecule has 6 heteroatoms. The van der Waals surface area contributed by atoms with Crippen LogP contribution in [0.2, 0.25) is 0 Å². The van der Waals surface area contributed by atoms with Crippen molar-refractivity contribution in [2.75, 3.05) is 6.61 Å². The van der Waals surface area contributed by atoms with Gasteiger partial charge in [-0.15, -0.1) is 0 Å². The molecule has 0 spiro atoms. The number of fused-ring (bicyclic) bond motifs is 1. The van der Waals surface area contributed by atoms with Crippen molar-refractivity contribution < 1.29 is 14.5 Å². The van der Waals surface area contributed by atoms with Gasteiger partial charge < -0.3 is 0 Å². The second-order valence-corrected chi connectivity index (χ2v) is 5.66. The van der Waals surface area contributed by atoms with Gasteiger partial charge in [0, 0.05) is 0 Å². The molecule has 0 N–H and O–H groups in total. The molecule has 1 atom stereocenters. The van der Waals surface area contributed by atoms with Crippen molar-refractivity contribution in [2.45, 2.75) is 13.3 Å². The maximum absolute atomic E-state index is 11.2. The summed E-state index contributed by atoms with van der Waals surface area (Å²) >= 11 is 1.35. The quantitative estimate of drug-likeness (QED) is 0.363. The van der Waals surface area contributed by atoms with Gasteiger partial charge in [0.1, 0.15) is 0 Å². The van der Waals surface area contributed by atoms with Crippen molar-refractivity contribution in [3.8, 4) is 0 Å². The summed E-state index contributed by atoms with van der Waals surface area (Å²) in [6.07, 6.45) is 0.337. The second-order valence-electron chi connectivity index (χ2n) is 4.36. The number of carbonyl (C=O) groups excluding carboxylic acids is 1. The molecule has 0 radical (unpaired) electrons. The molecule has 2 aromatic rings. The maximum atomic E-state index is 11.2. The van der Waals surface area contributed by atoms with Crippen molar-refractivity contribution in [3.63, 3.8) is 0 Å². The van der Waals surface area contributed by atoms with Crippen molar-refractivity contribution in [1.29, 1.82) is 0 Å². The van der Waals surface area contributed by atoms with E-state index < -0.39 is 0 Å². The molecule has 0 aliphatic carbocycles. The van der Waals surface area contributed by atoms with Crippen LogP contribution in [0.1, 0.15) is 12.5 Å². The van der Waals surface area contributed by atoms with Gasteiger partial charge in [-0.3, -0.25) is 0 Å². The normalized spacial score (nSPS) is 10.5. The molecule has 0 saturated heterocycles. The van der Waals surface area contributed by atoms with Gasteiger partial charge in [-0.05, 0) is 0 Å². The van der Waals surface area contributed by atoms with Crippen LogP contribution in [0.3, 0.4) is 0 Å². The molecule has 2 rings (SSSR count). The van der Waals surface area contributed by atoms with E-state index in [2.05, 4.69) is 0 Å². The van der Waals surface area contributed by atoms with Gasteiger partial charge in [-0.25, -0.2) is 0 Å². The Morgan fingerprint density at radius 1 is 1.35 bits per heavy atom. The molecule has 0 aliphatic heterocycles. The third kappa shape index (κ3) is 2.99. The van der Waals surface area contributed by atoms with E-state index in [0.29, 0.717) is 12.0 Å². The molecule has 2 aromatic carbocycles. The molecule has 0 heterocycles. The number of nitro groups is 1. The van der Waals surface area contributed by atoms with Crippen LogP contribution in [0.4, 0.5) is 5.69 Å². The zero-order valence-electron chi connectivity index (χ0n) is 11.0. The van der Waals surface area contributed by atoms with Gasteiger partial charge in [0.25, 0.3) is 0 Å². The van der Waals surface area contributed by atoms with Crippen molar-refractivity contribution in [2.24, 2.45) is 0 Å². The molecule has 0 aliphatic rings.